The van der Waals surface area contributed by atoms with Gasteiger partial charge in [-0.2, -0.15) is 0 Å². The summed E-state index contributed by atoms with van der Waals surface area (Å²) < 4.78 is 0.943. The van der Waals surface area contributed by atoms with E-state index in [4.69, 9.17) is 0 Å². The molecule has 0 bridgehead atoms. The maximum absolute atomic E-state index is 2.26. The van der Waals surface area contributed by atoms with E-state index < -0.39 is 0 Å². The molecule has 2 aromatic rings. The van der Waals surface area contributed by atoms with Crippen LogP contribution in [0.1, 0.15) is 17.2 Å². The molecule has 0 fully saturated rings. The highest BCUT2D eigenvalue weighted by Gasteiger charge is 2.25. The molecule has 1 nitrogen and oxygen atoms in total. The molecule has 2 aromatic carbocycles. The van der Waals surface area contributed by atoms with Gasteiger partial charge in [-0.25, -0.2) is 0 Å². The summed E-state index contributed by atoms with van der Waals surface area (Å²) in [7, 11) is 6.79. The fourth-order valence-corrected chi connectivity index (χ4v) is 2.35. The van der Waals surface area contributed by atoms with Gasteiger partial charge in [0.05, 0.1) is 21.1 Å². The largest absolute Gasteiger partial charge is 0.324 e. The Kier molecular flexibility index (Phi) is 3.83. The van der Waals surface area contributed by atoms with Crippen molar-refractivity contribution in [2.75, 3.05) is 21.1 Å². The molecule has 94 valence electrons. The van der Waals surface area contributed by atoms with Gasteiger partial charge >= 0.3 is 0 Å². The molecule has 1 atom stereocenters. The Bertz CT molecular complexity index is 468. The van der Waals surface area contributed by atoms with E-state index in [1.165, 1.54) is 11.1 Å². The molecule has 0 heterocycles. The Labute approximate surface area is 110 Å². The molecule has 0 saturated carbocycles. The Morgan fingerprint density at radius 2 is 1.28 bits per heavy atom. The number of likely N-dealkylation sites (N-methyl/N-ethyl adjacent to an activating group) is 1. The summed E-state index contributed by atoms with van der Waals surface area (Å²) in [6.45, 7) is 0. The molecule has 0 spiro atoms. The summed E-state index contributed by atoms with van der Waals surface area (Å²) in [5.74, 6) is 0. The summed E-state index contributed by atoms with van der Waals surface area (Å²) in [5.41, 5.74) is 2.81. The molecule has 0 radical (unpaired) electrons. The highest BCUT2D eigenvalue weighted by Crippen LogP contribution is 2.27. The van der Waals surface area contributed by atoms with Crippen LogP contribution in [0.15, 0.2) is 60.7 Å². The minimum atomic E-state index is 0.494. The van der Waals surface area contributed by atoms with E-state index in [0.717, 1.165) is 10.9 Å². The van der Waals surface area contributed by atoms with Crippen molar-refractivity contribution < 1.29 is 4.48 Å². The minimum Gasteiger partial charge on any atom is -0.324 e. The highest BCUT2D eigenvalue weighted by atomic mass is 15.3. The normalized spacial score (nSPS) is 13.3. The quantitative estimate of drug-likeness (QED) is 0.715. The van der Waals surface area contributed by atoms with Gasteiger partial charge < -0.3 is 4.48 Å². The van der Waals surface area contributed by atoms with E-state index >= 15 is 0 Å². The molecular formula is C17H22N+. The van der Waals surface area contributed by atoms with E-state index in [2.05, 4.69) is 81.8 Å². The first kappa shape index (κ1) is 12.8. The lowest BCUT2D eigenvalue weighted by molar-refractivity contribution is -0.902. The topological polar surface area (TPSA) is 0 Å². The molecule has 2 rings (SSSR count). The van der Waals surface area contributed by atoms with Crippen LogP contribution in [0, 0.1) is 0 Å². The van der Waals surface area contributed by atoms with Crippen molar-refractivity contribution in [3.05, 3.63) is 71.8 Å². The maximum atomic E-state index is 2.26. The summed E-state index contributed by atoms with van der Waals surface area (Å²) in [4.78, 5) is 0. The first-order valence-corrected chi connectivity index (χ1v) is 6.47. The summed E-state index contributed by atoms with van der Waals surface area (Å²) >= 11 is 0. The predicted molar refractivity (Wildman–Crippen MR) is 77.4 cm³/mol. The SMILES string of the molecule is C[N+](C)(C)[C@H](Cc1ccccc1)c1ccccc1. The Balaban J connectivity index is 2.28. The van der Waals surface area contributed by atoms with Crippen molar-refractivity contribution in [1.82, 2.24) is 0 Å². The van der Waals surface area contributed by atoms with Gasteiger partial charge in [-0.1, -0.05) is 60.7 Å². The van der Waals surface area contributed by atoms with Gasteiger partial charge in [-0.3, -0.25) is 0 Å². The Hall–Kier alpha value is -1.60. The van der Waals surface area contributed by atoms with Gasteiger partial charge in [0.1, 0.15) is 6.04 Å². The maximum Gasteiger partial charge on any atom is 0.118 e. The predicted octanol–water partition coefficient (Wildman–Crippen LogP) is 3.68. The van der Waals surface area contributed by atoms with Crippen molar-refractivity contribution >= 4 is 0 Å². The lowest BCUT2D eigenvalue weighted by Gasteiger charge is -2.34. The molecule has 0 aliphatic carbocycles. The number of nitrogens with zero attached hydrogens (tertiary/aromatic N) is 1. The van der Waals surface area contributed by atoms with E-state index in [1.807, 2.05) is 0 Å². The van der Waals surface area contributed by atoms with Crippen LogP contribution in [0.2, 0.25) is 0 Å². The molecule has 0 aliphatic rings. The van der Waals surface area contributed by atoms with Gasteiger partial charge in [-0.05, 0) is 5.56 Å². The smallest absolute Gasteiger partial charge is 0.118 e. The second-order valence-corrected chi connectivity index (χ2v) is 5.73. The zero-order chi connectivity index (χ0) is 13.0. The van der Waals surface area contributed by atoms with E-state index in [9.17, 15) is 0 Å². The van der Waals surface area contributed by atoms with Crippen LogP contribution in [-0.2, 0) is 6.42 Å². The van der Waals surface area contributed by atoms with Crippen LogP contribution < -0.4 is 0 Å². The standard InChI is InChI=1S/C17H22N/c1-18(2,3)17(16-12-8-5-9-13-16)14-15-10-6-4-7-11-15/h4-13,17H,14H2,1-3H3/q+1/t17-/m1/s1. The van der Waals surface area contributed by atoms with Crippen LogP contribution in [0.5, 0.6) is 0 Å². The average molecular weight is 240 g/mol. The fourth-order valence-electron chi connectivity index (χ4n) is 2.35. The number of rotatable bonds is 4. The van der Waals surface area contributed by atoms with E-state index in [1.54, 1.807) is 0 Å². The zero-order valence-electron chi connectivity index (χ0n) is 11.5. The second kappa shape index (κ2) is 5.36. The lowest BCUT2D eigenvalue weighted by atomic mass is 9.96. The molecule has 0 unspecified atom stereocenters. The first-order chi connectivity index (χ1) is 8.57. The third-order valence-corrected chi connectivity index (χ3v) is 3.39. The number of hydrogen-bond donors (Lipinski definition) is 0. The van der Waals surface area contributed by atoms with Gasteiger partial charge in [-0.15, -0.1) is 0 Å². The number of benzene rings is 2. The molecule has 0 N–H and O–H groups in total. The van der Waals surface area contributed by atoms with Crippen molar-refractivity contribution in [3.8, 4) is 0 Å². The Morgan fingerprint density at radius 1 is 0.778 bits per heavy atom. The average Bonchev–Trinajstić information content (AvgIpc) is 2.37. The van der Waals surface area contributed by atoms with Crippen LogP contribution >= 0.6 is 0 Å². The zero-order valence-corrected chi connectivity index (χ0v) is 11.5. The third kappa shape index (κ3) is 3.21. The molecule has 0 amide bonds. The van der Waals surface area contributed by atoms with E-state index in [-0.39, 0.29) is 0 Å². The van der Waals surface area contributed by atoms with Crippen LogP contribution in [0.4, 0.5) is 0 Å². The minimum absolute atomic E-state index is 0.494. The van der Waals surface area contributed by atoms with Gasteiger partial charge in [0.15, 0.2) is 0 Å². The number of quaternary nitrogens is 1. The van der Waals surface area contributed by atoms with Gasteiger partial charge in [0.2, 0.25) is 0 Å². The second-order valence-electron chi connectivity index (χ2n) is 5.73. The molecular weight excluding hydrogens is 218 g/mol. The molecule has 0 aromatic heterocycles. The lowest BCUT2D eigenvalue weighted by Crippen LogP contribution is -2.40. The van der Waals surface area contributed by atoms with Crippen molar-refractivity contribution in [3.63, 3.8) is 0 Å². The monoisotopic (exact) mass is 240 g/mol. The van der Waals surface area contributed by atoms with E-state index in [0.29, 0.717) is 6.04 Å². The molecule has 0 saturated heterocycles. The number of hydrogen-bond acceptors (Lipinski definition) is 0. The molecule has 1 heteroatoms. The van der Waals surface area contributed by atoms with Crippen LogP contribution in [0.25, 0.3) is 0 Å². The third-order valence-electron chi connectivity index (χ3n) is 3.39. The molecule has 18 heavy (non-hydrogen) atoms. The molecule has 0 aliphatic heterocycles. The van der Waals surface area contributed by atoms with Crippen molar-refractivity contribution in [2.24, 2.45) is 0 Å². The van der Waals surface area contributed by atoms with Crippen molar-refractivity contribution in [1.29, 1.82) is 0 Å². The summed E-state index contributed by atoms with van der Waals surface area (Å²) in [6.07, 6.45) is 1.08. The fraction of sp³-hybridized carbons (Fsp3) is 0.294. The van der Waals surface area contributed by atoms with Gasteiger partial charge in [0.25, 0.3) is 0 Å². The summed E-state index contributed by atoms with van der Waals surface area (Å²) in [6, 6.07) is 22.0. The van der Waals surface area contributed by atoms with Gasteiger partial charge in [0, 0.05) is 12.0 Å². The highest BCUT2D eigenvalue weighted by molar-refractivity contribution is 5.22. The summed E-state index contributed by atoms with van der Waals surface area (Å²) in [5, 5.41) is 0. The Morgan fingerprint density at radius 3 is 1.78 bits per heavy atom. The first-order valence-electron chi connectivity index (χ1n) is 6.47. The van der Waals surface area contributed by atoms with Crippen molar-refractivity contribution in [2.45, 2.75) is 12.5 Å². The van der Waals surface area contributed by atoms with Crippen LogP contribution in [-0.4, -0.2) is 25.6 Å². The van der Waals surface area contributed by atoms with Crippen LogP contribution in [0.3, 0.4) is 0 Å².